The second kappa shape index (κ2) is 8.57. The second-order valence-corrected chi connectivity index (χ2v) is 9.96. The Hall–Kier alpha value is -2.00. The van der Waals surface area contributed by atoms with Gasteiger partial charge in [-0.3, -0.25) is 14.9 Å². The van der Waals surface area contributed by atoms with Gasteiger partial charge in [0.15, 0.2) is 9.84 Å². The van der Waals surface area contributed by atoms with Crippen LogP contribution in [0.5, 0.6) is 0 Å². The van der Waals surface area contributed by atoms with Crippen molar-refractivity contribution in [2.24, 2.45) is 5.92 Å². The quantitative estimate of drug-likeness (QED) is 0.571. The molecule has 28 heavy (non-hydrogen) atoms. The highest BCUT2D eigenvalue weighted by Crippen LogP contribution is 2.27. The number of nitrogens with zero attached hydrogens (tertiary/aromatic N) is 2. The van der Waals surface area contributed by atoms with E-state index in [-0.39, 0.29) is 16.5 Å². The van der Waals surface area contributed by atoms with Gasteiger partial charge in [-0.05, 0) is 37.7 Å². The first kappa shape index (κ1) is 20.7. The normalized spacial score (nSPS) is 19.6. The van der Waals surface area contributed by atoms with Crippen molar-refractivity contribution in [1.29, 1.82) is 0 Å². The van der Waals surface area contributed by atoms with Crippen LogP contribution in [0.3, 0.4) is 0 Å². The van der Waals surface area contributed by atoms with Gasteiger partial charge >= 0.3 is 0 Å². The third-order valence-corrected chi connectivity index (χ3v) is 6.80. The molecule has 1 aliphatic heterocycles. The van der Waals surface area contributed by atoms with Gasteiger partial charge in [0.2, 0.25) is 0 Å². The Balaban J connectivity index is 1.62. The molecule has 1 aliphatic carbocycles. The molecule has 1 aromatic rings. The van der Waals surface area contributed by atoms with Crippen molar-refractivity contribution >= 4 is 21.4 Å². The lowest BCUT2D eigenvalue weighted by Gasteiger charge is -2.33. The summed E-state index contributed by atoms with van der Waals surface area (Å²) in [5, 5.41) is 14.0. The van der Waals surface area contributed by atoms with E-state index in [2.05, 4.69) is 10.2 Å². The van der Waals surface area contributed by atoms with Gasteiger partial charge in [-0.2, -0.15) is 0 Å². The van der Waals surface area contributed by atoms with Crippen molar-refractivity contribution in [3.63, 3.8) is 0 Å². The largest absolute Gasteiger partial charge is 0.349 e. The van der Waals surface area contributed by atoms with Crippen LogP contribution >= 0.6 is 0 Å². The number of hydrogen-bond acceptors (Lipinski definition) is 6. The summed E-state index contributed by atoms with van der Waals surface area (Å²) in [4.78, 5) is 25.2. The Kier molecular flexibility index (Phi) is 6.34. The highest BCUT2D eigenvalue weighted by atomic mass is 32.2. The fourth-order valence-corrected chi connectivity index (χ4v) is 4.80. The highest BCUT2D eigenvalue weighted by Gasteiger charge is 2.25. The van der Waals surface area contributed by atoms with E-state index >= 15 is 0 Å². The molecular formula is C19H27N3O5S. The number of non-ortho nitro benzene ring substituents is 1. The number of nitro groups is 1. The fraction of sp³-hybridized carbons (Fsp3) is 0.632. The standard InChI is InChI=1S/C19H27N3O5S/c1-28(26,27)18-11-15(10-17(12-18)22(24)25)19(23)20-16-6-8-21(9-7-16)13-14-4-2-3-5-14/h10-12,14,16H,2-9,13H2,1H3,(H,20,23). The third kappa shape index (κ3) is 5.29. The summed E-state index contributed by atoms with van der Waals surface area (Å²) < 4.78 is 23.6. The van der Waals surface area contributed by atoms with Crippen LogP contribution in [-0.2, 0) is 9.84 Å². The van der Waals surface area contributed by atoms with Crippen LogP contribution in [0.25, 0.3) is 0 Å². The van der Waals surface area contributed by atoms with Crippen molar-refractivity contribution in [1.82, 2.24) is 10.2 Å². The molecule has 3 rings (SSSR count). The average molecular weight is 410 g/mol. The summed E-state index contributed by atoms with van der Waals surface area (Å²) in [6, 6.07) is 3.30. The van der Waals surface area contributed by atoms with Crippen LogP contribution in [0.4, 0.5) is 5.69 Å². The Morgan fingerprint density at radius 2 is 1.82 bits per heavy atom. The summed E-state index contributed by atoms with van der Waals surface area (Å²) >= 11 is 0. The van der Waals surface area contributed by atoms with Crippen LogP contribution in [0, 0.1) is 16.0 Å². The zero-order chi connectivity index (χ0) is 20.3. The van der Waals surface area contributed by atoms with Crippen molar-refractivity contribution < 1.29 is 18.1 Å². The number of rotatable bonds is 6. The van der Waals surface area contributed by atoms with Gasteiger partial charge in [-0.1, -0.05) is 12.8 Å². The molecule has 0 radical (unpaired) electrons. The summed E-state index contributed by atoms with van der Waals surface area (Å²) in [5.41, 5.74) is -0.400. The Labute approximate surface area is 165 Å². The monoisotopic (exact) mass is 409 g/mol. The van der Waals surface area contributed by atoms with Crippen molar-refractivity contribution in [2.45, 2.75) is 49.5 Å². The molecule has 154 valence electrons. The molecule has 0 atom stereocenters. The van der Waals surface area contributed by atoms with E-state index in [9.17, 15) is 23.3 Å². The first-order chi connectivity index (χ1) is 13.2. The number of sulfone groups is 1. The van der Waals surface area contributed by atoms with Gasteiger partial charge in [0.25, 0.3) is 11.6 Å². The fourth-order valence-electron chi connectivity index (χ4n) is 4.12. The number of nitrogens with one attached hydrogen (secondary N) is 1. The lowest BCUT2D eigenvalue weighted by molar-refractivity contribution is -0.385. The molecule has 2 fully saturated rings. The van der Waals surface area contributed by atoms with Crippen LogP contribution in [0.2, 0.25) is 0 Å². The minimum atomic E-state index is -3.66. The van der Waals surface area contributed by atoms with Crippen molar-refractivity contribution in [3.05, 3.63) is 33.9 Å². The Bertz CT molecular complexity index is 841. The summed E-state index contributed by atoms with van der Waals surface area (Å²) in [6.45, 7) is 2.97. The van der Waals surface area contributed by atoms with E-state index in [4.69, 9.17) is 0 Å². The number of amides is 1. The molecular weight excluding hydrogens is 382 g/mol. The molecule has 1 aromatic carbocycles. The van der Waals surface area contributed by atoms with Crippen LogP contribution in [0.15, 0.2) is 23.1 Å². The summed E-state index contributed by atoms with van der Waals surface area (Å²) in [6.07, 6.45) is 7.90. The Morgan fingerprint density at radius 3 is 2.39 bits per heavy atom. The van der Waals surface area contributed by atoms with E-state index in [1.807, 2.05) is 0 Å². The van der Waals surface area contributed by atoms with Crippen molar-refractivity contribution in [3.8, 4) is 0 Å². The molecule has 0 spiro atoms. The zero-order valence-corrected chi connectivity index (χ0v) is 16.9. The molecule has 0 unspecified atom stereocenters. The number of benzene rings is 1. The number of likely N-dealkylation sites (tertiary alicyclic amines) is 1. The molecule has 1 saturated heterocycles. The first-order valence-corrected chi connectivity index (χ1v) is 11.6. The van der Waals surface area contributed by atoms with Gasteiger partial charge in [-0.15, -0.1) is 0 Å². The Morgan fingerprint density at radius 1 is 1.18 bits per heavy atom. The van der Waals surface area contributed by atoms with Crippen LogP contribution in [-0.4, -0.2) is 56.1 Å². The second-order valence-electron chi connectivity index (χ2n) is 7.94. The van der Waals surface area contributed by atoms with Crippen molar-refractivity contribution in [2.75, 3.05) is 25.9 Å². The number of piperidine rings is 1. The molecule has 9 heteroatoms. The van der Waals surface area contributed by atoms with E-state index in [1.165, 1.54) is 31.7 Å². The minimum absolute atomic E-state index is 0.00279. The minimum Gasteiger partial charge on any atom is -0.349 e. The van der Waals surface area contributed by atoms with E-state index in [0.717, 1.165) is 56.8 Å². The van der Waals surface area contributed by atoms with Gasteiger partial charge in [0.1, 0.15) is 0 Å². The van der Waals surface area contributed by atoms with Gasteiger partial charge in [-0.25, -0.2) is 8.42 Å². The zero-order valence-electron chi connectivity index (χ0n) is 16.1. The van der Waals surface area contributed by atoms with Crippen LogP contribution in [0.1, 0.15) is 48.9 Å². The number of nitro benzene ring substituents is 1. The number of carbonyl (C=O) groups is 1. The number of hydrogen-bond donors (Lipinski definition) is 1. The maximum absolute atomic E-state index is 12.6. The maximum Gasteiger partial charge on any atom is 0.271 e. The van der Waals surface area contributed by atoms with Gasteiger partial charge < -0.3 is 10.2 Å². The van der Waals surface area contributed by atoms with Crippen LogP contribution < -0.4 is 5.32 Å². The summed E-state index contributed by atoms with van der Waals surface area (Å²) in [7, 11) is -3.66. The molecule has 0 aromatic heterocycles. The molecule has 1 amide bonds. The highest BCUT2D eigenvalue weighted by molar-refractivity contribution is 7.90. The topological polar surface area (TPSA) is 110 Å². The third-order valence-electron chi connectivity index (χ3n) is 5.71. The predicted molar refractivity (Wildman–Crippen MR) is 105 cm³/mol. The average Bonchev–Trinajstić information content (AvgIpc) is 3.15. The van der Waals surface area contributed by atoms with E-state index in [1.54, 1.807) is 0 Å². The molecule has 8 nitrogen and oxygen atoms in total. The van der Waals surface area contributed by atoms with Gasteiger partial charge in [0, 0.05) is 49.6 Å². The molecule has 0 bridgehead atoms. The van der Waals surface area contributed by atoms with Gasteiger partial charge in [0.05, 0.1) is 9.82 Å². The van der Waals surface area contributed by atoms with E-state index < -0.39 is 26.4 Å². The summed E-state index contributed by atoms with van der Waals surface area (Å²) in [5.74, 6) is 0.327. The smallest absolute Gasteiger partial charge is 0.271 e. The SMILES string of the molecule is CS(=O)(=O)c1cc(C(=O)NC2CCN(CC3CCCC3)CC2)cc([N+](=O)[O-])c1. The molecule has 1 saturated carbocycles. The lowest BCUT2D eigenvalue weighted by Crippen LogP contribution is -2.45. The molecule has 1 heterocycles. The molecule has 2 aliphatic rings. The number of carbonyl (C=O) groups excluding carboxylic acids is 1. The first-order valence-electron chi connectivity index (χ1n) is 9.75. The molecule has 1 N–H and O–H groups in total. The maximum atomic E-state index is 12.6. The lowest BCUT2D eigenvalue weighted by atomic mass is 10.0. The predicted octanol–water partition coefficient (Wildman–Crippen LogP) is 2.38. The van der Waals surface area contributed by atoms with E-state index in [0.29, 0.717) is 0 Å².